The normalized spacial score (nSPS) is 11.9. The Kier molecular flexibility index (Phi) is 5.92. The van der Waals surface area contributed by atoms with Gasteiger partial charge >= 0.3 is 0 Å². The molecule has 0 aliphatic heterocycles. The third kappa shape index (κ3) is 4.37. The zero-order valence-corrected chi connectivity index (χ0v) is 27.4. The average Bonchev–Trinajstić information content (AvgIpc) is 3.82. The lowest BCUT2D eigenvalue weighted by molar-refractivity contribution is 0.623. The van der Waals surface area contributed by atoms with Crippen LogP contribution in [0.15, 0.2) is 179 Å². The van der Waals surface area contributed by atoms with Crippen molar-refractivity contribution in [3.8, 4) is 22.6 Å². The van der Waals surface area contributed by atoms with Gasteiger partial charge in [-0.25, -0.2) is 4.98 Å². The van der Waals surface area contributed by atoms with Crippen LogP contribution in [0.25, 0.3) is 87.9 Å². The topological polar surface area (TPSA) is 42.4 Å². The minimum atomic E-state index is 0.616. The van der Waals surface area contributed by atoms with Crippen molar-refractivity contribution < 1.29 is 8.83 Å². The summed E-state index contributed by atoms with van der Waals surface area (Å²) < 4.78 is 13.0. The van der Waals surface area contributed by atoms with Gasteiger partial charge in [0.15, 0.2) is 5.58 Å². The lowest BCUT2D eigenvalue weighted by atomic mass is 9.96. The summed E-state index contributed by atoms with van der Waals surface area (Å²) in [6.07, 6.45) is 0. The second-order valence-corrected chi connectivity index (χ2v) is 13.2. The number of fused-ring (bicyclic) bond motifs is 5. The van der Waals surface area contributed by atoms with Crippen LogP contribution in [0, 0.1) is 0 Å². The van der Waals surface area contributed by atoms with E-state index in [1.807, 2.05) is 42.5 Å². The summed E-state index contributed by atoms with van der Waals surface area (Å²) >= 11 is 0. The van der Waals surface area contributed by atoms with Crippen LogP contribution in [0.2, 0.25) is 0 Å². The summed E-state index contributed by atoms with van der Waals surface area (Å²) in [4.78, 5) is 7.42. The summed E-state index contributed by atoms with van der Waals surface area (Å²) in [6, 6.07) is 59.9. The third-order valence-electron chi connectivity index (χ3n) is 10.2. The molecule has 0 fully saturated rings. The van der Waals surface area contributed by atoms with Gasteiger partial charge in [-0.3, -0.25) is 0 Å². The van der Waals surface area contributed by atoms with E-state index in [1.54, 1.807) is 0 Å². The van der Waals surface area contributed by atoms with E-state index < -0.39 is 0 Å². The minimum absolute atomic E-state index is 0.616. The predicted octanol–water partition coefficient (Wildman–Crippen LogP) is 13.4. The third-order valence-corrected chi connectivity index (χ3v) is 10.2. The highest BCUT2D eigenvalue weighted by Crippen LogP contribution is 2.45. The van der Waals surface area contributed by atoms with Crippen molar-refractivity contribution in [1.82, 2.24) is 4.98 Å². The van der Waals surface area contributed by atoms with Crippen LogP contribution in [-0.4, -0.2) is 4.98 Å². The number of anilines is 3. The lowest BCUT2D eigenvalue weighted by Crippen LogP contribution is -2.09. The van der Waals surface area contributed by atoms with E-state index in [1.165, 1.54) is 21.5 Å². The summed E-state index contributed by atoms with van der Waals surface area (Å²) in [5.74, 6) is 0.616. The maximum atomic E-state index is 6.51. The fraction of sp³-hybridized carbons (Fsp3) is 0. The number of hydrogen-bond acceptors (Lipinski definition) is 4. The molecule has 9 aromatic carbocycles. The van der Waals surface area contributed by atoms with E-state index >= 15 is 0 Å². The van der Waals surface area contributed by atoms with Crippen LogP contribution in [0.3, 0.4) is 0 Å². The highest BCUT2D eigenvalue weighted by molar-refractivity contribution is 6.31. The summed E-state index contributed by atoms with van der Waals surface area (Å²) in [6.45, 7) is 0. The van der Waals surface area contributed by atoms with Crippen molar-refractivity contribution in [2.24, 2.45) is 0 Å². The largest absolute Gasteiger partial charge is 0.456 e. The van der Waals surface area contributed by atoms with Crippen molar-refractivity contribution >= 4 is 82.4 Å². The van der Waals surface area contributed by atoms with Gasteiger partial charge in [0.25, 0.3) is 0 Å². The number of furan rings is 1. The monoisotopic (exact) mass is 652 g/mol. The molecule has 0 saturated carbocycles. The van der Waals surface area contributed by atoms with Crippen molar-refractivity contribution in [1.29, 1.82) is 0 Å². The van der Waals surface area contributed by atoms with Gasteiger partial charge in [-0.05, 0) is 99.4 Å². The van der Waals surface area contributed by atoms with Gasteiger partial charge in [-0.1, -0.05) is 103 Å². The highest BCUT2D eigenvalue weighted by atomic mass is 16.3. The van der Waals surface area contributed by atoms with E-state index in [0.29, 0.717) is 5.89 Å². The molecule has 4 heteroatoms. The van der Waals surface area contributed by atoms with Gasteiger partial charge < -0.3 is 13.7 Å². The SMILES string of the molecule is c1ccc(-c2nc3c4cc(-c5ccc(N(c6ccc7ccccc7c6)c6ccc7ccccc7c6)cc5)cc5oc6cccc(c3o2)c6c54)cc1. The zero-order chi connectivity index (χ0) is 33.5. The Morgan fingerprint density at radius 1 is 0.392 bits per heavy atom. The molecule has 11 aromatic rings. The molecule has 0 bridgehead atoms. The van der Waals surface area contributed by atoms with Crippen LogP contribution in [0.4, 0.5) is 17.1 Å². The first-order chi connectivity index (χ1) is 25.2. The highest BCUT2D eigenvalue weighted by Gasteiger charge is 2.23. The van der Waals surface area contributed by atoms with Crippen LogP contribution in [-0.2, 0) is 0 Å². The molecule has 2 heterocycles. The molecule has 0 radical (unpaired) electrons. The second-order valence-electron chi connectivity index (χ2n) is 13.2. The van der Waals surface area contributed by atoms with Gasteiger partial charge in [0.2, 0.25) is 5.89 Å². The predicted molar refractivity (Wildman–Crippen MR) is 211 cm³/mol. The number of nitrogens with zero attached hydrogens (tertiary/aromatic N) is 2. The minimum Gasteiger partial charge on any atom is -0.456 e. The van der Waals surface area contributed by atoms with Gasteiger partial charge in [0, 0.05) is 44.2 Å². The van der Waals surface area contributed by atoms with Crippen molar-refractivity contribution in [2.45, 2.75) is 0 Å². The number of hydrogen-bond donors (Lipinski definition) is 0. The lowest BCUT2D eigenvalue weighted by Gasteiger charge is -2.26. The fourth-order valence-corrected chi connectivity index (χ4v) is 7.76. The first-order valence-electron chi connectivity index (χ1n) is 17.2. The second kappa shape index (κ2) is 10.8. The molecule has 0 N–H and O–H groups in total. The molecule has 238 valence electrons. The molecule has 0 unspecified atom stereocenters. The van der Waals surface area contributed by atoms with Crippen LogP contribution in [0.5, 0.6) is 0 Å². The number of rotatable bonds is 5. The number of benzene rings is 9. The Hall–Kier alpha value is -6.91. The van der Waals surface area contributed by atoms with Crippen LogP contribution in [0.1, 0.15) is 0 Å². The molecule has 2 aromatic heterocycles. The number of oxazole rings is 1. The zero-order valence-electron chi connectivity index (χ0n) is 27.4. The van der Waals surface area contributed by atoms with E-state index in [-0.39, 0.29) is 0 Å². The molecular weight excluding hydrogens is 625 g/mol. The standard InChI is InChI=1S/C47H28N2O2/c1-2-11-32(12-3-1)47-48-45-40-27-35(28-42-44(40)43-39(46(45)51-47)15-8-16-41(43)50-42)31-17-21-36(22-18-31)49(37-23-19-29-9-4-6-13-33(29)25-37)38-24-20-30-10-5-7-14-34(30)26-38/h1-28H. The fourth-order valence-electron chi connectivity index (χ4n) is 7.76. The van der Waals surface area contributed by atoms with Crippen LogP contribution >= 0.6 is 0 Å². The molecule has 0 aliphatic rings. The molecule has 0 aliphatic carbocycles. The van der Waals surface area contributed by atoms with Gasteiger partial charge in [0.05, 0.1) is 0 Å². The molecule has 4 nitrogen and oxygen atoms in total. The maximum absolute atomic E-state index is 6.51. The Labute approximate surface area is 292 Å². The molecule has 0 atom stereocenters. The smallest absolute Gasteiger partial charge is 0.227 e. The first-order valence-corrected chi connectivity index (χ1v) is 17.2. The Morgan fingerprint density at radius 3 is 1.73 bits per heavy atom. The molecule has 11 rings (SSSR count). The molecular formula is C47H28N2O2. The summed E-state index contributed by atoms with van der Waals surface area (Å²) in [5, 5.41) is 9.06. The average molecular weight is 653 g/mol. The molecule has 0 spiro atoms. The molecule has 0 amide bonds. The van der Waals surface area contributed by atoms with Gasteiger partial charge in [0.1, 0.15) is 16.7 Å². The summed E-state index contributed by atoms with van der Waals surface area (Å²) in [7, 11) is 0. The van der Waals surface area contributed by atoms with E-state index in [9.17, 15) is 0 Å². The van der Waals surface area contributed by atoms with Gasteiger partial charge in [-0.15, -0.1) is 0 Å². The van der Waals surface area contributed by atoms with E-state index in [4.69, 9.17) is 13.8 Å². The molecule has 51 heavy (non-hydrogen) atoms. The van der Waals surface area contributed by atoms with Crippen LogP contribution < -0.4 is 4.90 Å². The maximum Gasteiger partial charge on any atom is 0.227 e. The van der Waals surface area contributed by atoms with Crippen molar-refractivity contribution in [3.05, 3.63) is 170 Å². The Balaban J connectivity index is 1.07. The number of aromatic nitrogens is 1. The van der Waals surface area contributed by atoms with Gasteiger partial charge in [-0.2, -0.15) is 0 Å². The van der Waals surface area contributed by atoms with E-state index in [2.05, 4.69) is 132 Å². The quantitative estimate of drug-likeness (QED) is 0.174. The Bertz CT molecular complexity index is 3000. The first kappa shape index (κ1) is 28.0. The summed E-state index contributed by atoms with van der Waals surface area (Å²) in [5.41, 5.74) is 9.71. The van der Waals surface area contributed by atoms with Crippen molar-refractivity contribution in [2.75, 3.05) is 4.90 Å². The van der Waals surface area contributed by atoms with Crippen molar-refractivity contribution in [3.63, 3.8) is 0 Å². The van der Waals surface area contributed by atoms with E-state index in [0.717, 1.165) is 77.6 Å². The Morgan fingerprint density at radius 2 is 1.02 bits per heavy atom. The molecule has 0 saturated heterocycles.